The molecule has 0 aromatic carbocycles. The summed E-state index contributed by atoms with van der Waals surface area (Å²) in [6.45, 7) is 0. The Labute approximate surface area is 91.1 Å². The van der Waals surface area contributed by atoms with E-state index in [1.165, 1.54) is 6.20 Å². The first-order chi connectivity index (χ1) is 7.11. The van der Waals surface area contributed by atoms with Gasteiger partial charge in [-0.2, -0.15) is 0 Å². The van der Waals surface area contributed by atoms with Crippen LogP contribution in [0.3, 0.4) is 0 Å². The Hall–Kier alpha value is -1.82. The lowest BCUT2D eigenvalue weighted by Gasteiger charge is -2.06. The summed E-state index contributed by atoms with van der Waals surface area (Å²) in [7, 11) is 1.58. The molecular weight excluding hydrogens is 220 g/mol. The van der Waals surface area contributed by atoms with Gasteiger partial charge in [0.2, 0.25) is 0 Å². The molecule has 1 rings (SSSR count). The standard InChI is InChI=1S/C8H9ClN4O2/c1-10-8(5-13(14)15)12-6-2-3-7(9)11-4-6/h2-5,10,12H,1H3/b8-5+. The molecule has 0 amide bonds. The highest BCUT2D eigenvalue weighted by atomic mass is 35.5. The van der Waals surface area contributed by atoms with Crippen molar-refractivity contribution in [3.05, 3.63) is 45.6 Å². The molecule has 6 nitrogen and oxygen atoms in total. The zero-order valence-corrected chi connectivity index (χ0v) is 8.65. The number of nitrogens with one attached hydrogen (secondary N) is 2. The fraction of sp³-hybridized carbons (Fsp3) is 0.125. The number of pyridine rings is 1. The van der Waals surface area contributed by atoms with Gasteiger partial charge in [0.15, 0.2) is 5.82 Å². The Morgan fingerprint density at radius 2 is 2.40 bits per heavy atom. The van der Waals surface area contributed by atoms with Crippen LogP contribution in [0.4, 0.5) is 5.69 Å². The summed E-state index contributed by atoms with van der Waals surface area (Å²) in [5.74, 6) is 0.268. The van der Waals surface area contributed by atoms with Crippen molar-refractivity contribution in [1.29, 1.82) is 0 Å². The van der Waals surface area contributed by atoms with E-state index in [9.17, 15) is 10.1 Å². The van der Waals surface area contributed by atoms with E-state index in [-0.39, 0.29) is 5.82 Å². The average molecular weight is 229 g/mol. The van der Waals surface area contributed by atoms with E-state index >= 15 is 0 Å². The summed E-state index contributed by atoms with van der Waals surface area (Å²) in [6, 6.07) is 3.25. The summed E-state index contributed by atoms with van der Waals surface area (Å²) in [4.78, 5) is 13.5. The van der Waals surface area contributed by atoms with Crippen molar-refractivity contribution in [2.45, 2.75) is 0 Å². The molecule has 0 saturated heterocycles. The van der Waals surface area contributed by atoms with Crippen molar-refractivity contribution in [3.63, 3.8) is 0 Å². The van der Waals surface area contributed by atoms with Gasteiger partial charge >= 0.3 is 0 Å². The van der Waals surface area contributed by atoms with Gasteiger partial charge in [-0.05, 0) is 12.1 Å². The summed E-state index contributed by atoms with van der Waals surface area (Å²) < 4.78 is 0. The summed E-state index contributed by atoms with van der Waals surface area (Å²) in [5, 5.41) is 16.0. The smallest absolute Gasteiger partial charge is 0.274 e. The Kier molecular flexibility index (Phi) is 3.87. The Bertz CT molecular complexity index is 377. The van der Waals surface area contributed by atoms with Gasteiger partial charge in [0.05, 0.1) is 16.8 Å². The molecule has 1 heterocycles. The van der Waals surface area contributed by atoms with Crippen LogP contribution in [-0.4, -0.2) is 17.0 Å². The van der Waals surface area contributed by atoms with E-state index in [1.54, 1.807) is 19.2 Å². The third-order valence-corrected chi connectivity index (χ3v) is 1.73. The van der Waals surface area contributed by atoms with Gasteiger partial charge in [0.1, 0.15) is 5.15 Å². The number of nitrogens with zero attached hydrogens (tertiary/aromatic N) is 2. The van der Waals surface area contributed by atoms with Crippen LogP contribution < -0.4 is 10.6 Å². The molecule has 15 heavy (non-hydrogen) atoms. The molecule has 0 radical (unpaired) electrons. The topological polar surface area (TPSA) is 80.1 Å². The van der Waals surface area contributed by atoms with Crippen molar-refractivity contribution < 1.29 is 4.92 Å². The van der Waals surface area contributed by atoms with Crippen molar-refractivity contribution in [1.82, 2.24) is 10.3 Å². The maximum Gasteiger partial charge on any atom is 0.274 e. The third kappa shape index (κ3) is 3.82. The fourth-order valence-corrected chi connectivity index (χ4v) is 0.982. The maximum absolute atomic E-state index is 10.2. The molecule has 0 aliphatic heterocycles. The molecule has 0 aliphatic rings. The first kappa shape index (κ1) is 11.3. The van der Waals surface area contributed by atoms with Crippen LogP contribution in [-0.2, 0) is 0 Å². The van der Waals surface area contributed by atoms with Crippen molar-refractivity contribution in [2.24, 2.45) is 0 Å². The Morgan fingerprint density at radius 1 is 1.67 bits per heavy atom. The van der Waals surface area contributed by atoms with Crippen LogP contribution >= 0.6 is 11.6 Å². The average Bonchev–Trinajstić information content (AvgIpc) is 2.19. The molecule has 7 heteroatoms. The number of halogens is 1. The van der Waals surface area contributed by atoms with Crippen LogP contribution in [0.2, 0.25) is 5.15 Å². The normalized spacial score (nSPS) is 10.9. The number of rotatable bonds is 4. The molecule has 0 spiro atoms. The quantitative estimate of drug-likeness (QED) is 0.463. The van der Waals surface area contributed by atoms with E-state index in [0.717, 1.165) is 6.20 Å². The summed E-state index contributed by atoms with van der Waals surface area (Å²) in [6.07, 6.45) is 2.31. The van der Waals surface area contributed by atoms with Crippen LogP contribution in [0.25, 0.3) is 0 Å². The zero-order valence-electron chi connectivity index (χ0n) is 7.90. The number of anilines is 1. The molecule has 0 fully saturated rings. The van der Waals surface area contributed by atoms with E-state index in [1.807, 2.05) is 0 Å². The van der Waals surface area contributed by atoms with Crippen LogP contribution in [0.1, 0.15) is 0 Å². The first-order valence-corrected chi connectivity index (χ1v) is 4.41. The van der Waals surface area contributed by atoms with Crippen LogP contribution in [0.15, 0.2) is 30.4 Å². The molecule has 0 saturated carbocycles. The molecule has 0 aliphatic carbocycles. The zero-order chi connectivity index (χ0) is 11.3. The summed E-state index contributed by atoms with van der Waals surface area (Å²) >= 11 is 5.59. The number of hydrogen-bond acceptors (Lipinski definition) is 5. The highest BCUT2D eigenvalue weighted by Gasteiger charge is 2.01. The molecule has 1 aromatic heterocycles. The van der Waals surface area contributed by atoms with Gasteiger partial charge in [-0.15, -0.1) is 0 Å². The summed E-state index contributed by atoms with van der Waals surface area (Å²) in [5.41, 5.74) is 0.613. The van der Waals surface area contributed by atoms with Crippen molar-refractivity contribution in [3.8, 4) is 0 Å². The van der Waals surface area contributed by atoms with Crippen LogP contribution in [0.5, 0.6) is 0 Å². The molecule has 0 atom stereocenters. The van der Waals surface area contributed by atoms with E-state index in [0.29, 0.717) is 10.8 Å². The minimum atomic E-state index is -0.553. The maximum atomic E-state index is 10.2. The first-order valence-electron chi connectivity index (χ1n) is 4.03. The van der Waals surface area contributed by atoms with Gasteiger partial charge in [0, 0.05) is 7.05 Å². The molecule has 1 aromatic rings. The predicted molar refractivity (Wildman–Crippen MR) is 57.0 cm³/mol. The molecule has 2 N–H and O–H groups in total. The van der Waals surface area contributed by atoms with Gasteiger partial charge in [0.25, 0.3) is 6.20 Å². The third-order valence-electron chi connectivity index (χ3n) is 1.51. The lowest BCUT2D eigenvalue weighted by molar-refractivity contribution is -0.403. The highest BCUT2D eigenvalue weighted by molar-refractivity contribution is 6.29. The van der Waals surface area contributed by atoms with Gasteiger partial charge < -0.3 is 10.6 Å². The Balaban J connectivity index is 2.75. The van der Waals surface area contributed by atoms with Crippen LogP contribution in [0, 0.1) is 10.1 Å². The van der Waals surface area contributed by atoms with Gasteiger partial charge in [-0.3, -0.25) is 10.1 Å². The number of aromatic nitrogens is 1. The lowest BCUT2D eigenvalue weighted by atomic mass is 10.4. The van der Waals surface area contributed by atoms with Gasteiger partial charge in [-0.25, -0.2) is 4.98 Å². The van der Waals surface area contributed by atoms with Gasteiger partial charge in [-0.1, -0.05) is 11.6 Å². The van der Waals surface area contributed by atoms with E-state index in [2.05, 4.69) is 15.6 Å². The number of nitro groups is 1. The van der Waals surface area contributed by atoms with Crippen molar-refractivity contribution in [2.75, 3.05) is 12.4 Å². The second-order valence-electron chi connectivity index (χ2n) is 2.57. The Morgan fingerprint density at radius 3 is 2.87 bits per heavy atom. The molecule has 0 unspecified atom stereocenters. The highest BCUT2D eigenvalue weighted by Crippen LogP contribution is 2.10. The minimum absolute atomic E-state index is 0.268. The van der Waals surface area contributed by atoms with E-state index < -0.39 is 4.92 Å². The second-order valence-corrected chi connectivity index (χ2v) is 2.96. The second kappa shape index (κ2) is 5.16. The minimum Gasteiger partial charge on any atom is -0.370 e. The molecule has 0 bridgehead atoms. The lowest BCUT2D eigenvalue weighted by Crippen LogP contribution is -2.16. The van der Waals surface area contributed by atoms with Crippen molar-refractivity contribution >= 4 is 17.3 Å². The van der Waals surface area contributed by atoms with E-state index in [4.69, 9.17) is 11.6 Å². The SMILES string of the molecule is CN/C(=C\[N+](=O)[O-])Nc1ccc(Cl)nc1. The largest absolute Gasteiger partial charge is 0.370 e. The monoisotopic (exact) mass is 228 g/mol. The molecule has 80 valence electrons. The fourth-order valence-electron chi connectivity index (χ4n) is 0.870. The molecular formula is C8H9ClN4O2. The predicted octanol–water partition coefficient (Wildman–Crippen LogP) is 1.44. The number of hydrogen-bond donors (Lipinski definition) is 2.